The standard InChI is InChI=1S/C10H12F3N3O/c1-3-9(2,4-5-14)6-7-15-8(16-17-7)10(11,12)13/h3-4,6H2,1-2H3. The van der Waals surface area contributed by atoms with Crippen molar-refractivity contribution >= 4 is 0 Å². The van der Waals surface area contributed by atoms with E-state index in [2.05, 4.69) is 14.7 Å². The maximum atomic E-state index is 12.2. The van der Waals surface area contributed by atoms with Gasteiger partial charge in [0.05, 0.1) is 6.07 Å². The van der Waals surface area contributed by atoms with Crippen LogP contribution in [0.3, 0.4) is 0 Å². The number of halogens is 3. The monoisotopic (exact) mass is 247 g/mol. The van der Waals surface area contributed by atoms with E-state index in [1.54, 1.807) is 6.92 Å². The van der Waals surface area contributed by atoms with E-state index in [1.807, 2.05) is 13.0 Å². The summed E-state index contributed by atoms with van der Waals surface area (Å²) in [6.45, 7) is 3.66. The Hall–Kier alpha value is -1.58. The number of hydrogen-bond donors (Lipinski definition) is 0. The molecule has 0 aliphatic heterocycles. The van der Waals surface area contributed by atoms with Gasteiger partial charge in [0.15, 0.2) is 0 Å². The molecular formula is C10H12F3N3O. The number of hydrogen-bond acceptors (Lipinski definition) is 4. The van der Waals surface area contributed by atoms with Gasteiger partial charge in [-0.2, -0.15) is 23.4 Å². The highest BCUT2D eigenvalue weighted by Crippen LogP contribution is 2.31. The Morgan fingerprint density at radius 3 is 2.47 bits per heavy atom. The first-order chi connectivity index (χ1) is 7.80. The van der Waals surface area contributed by atoms with Gasteiger partial charge in [-0.05, 0) is 11.8 Å². The van der Waals surface area contributed by atoms with Gasteiger partial charge in [-0.15, -0.1) is 0 Å². The molecule has 1 atom stereocenters. The third-order valence-corrected chi connectivity index (χ3v) is 2.66. The molecule has 1 aromatic rings. The highest BCUT2D eigenvalue weighted by atomic mass is 19.4. The van der Waals surface area contributed by atoms with E-state index in [4.69, 9.17) is 5.26 Å². The van der Waals surface area contributed by atoms with E-state index >= 15 is 0 Å². The van der Waals surface area contributed by atoms with Crippen molar-refractivity contribution < 1.29 is 17.7 Å². The summed E-state index contributed by atoms with van der Waals surface area (Å²) in [6.07, 6.45) is -3.56. The van der Waals surface area contributed by atoms with Crippen LogP contribution in [0.2, 0.25) is 0 Å². The van der Waals surface area contributed by atoms with E-state index in [1.165, 1.54) is 0 Å². The molecule has 0 bridgehead atoms. The number of nitrogens with zero attached hydrogens (tertiary/aromatic N) is 3. The molecule has 0 N–H and O–H groups in total. The summed E-state index contributed by atoms with van der Waals surface area (Å²) >= 11 is 0. The average molecular weight is 247 g/mol. The third kappa shape index (κ3) is 3.44. The molecule has 0 spiro atoms. The van der Waals surface area contributed by atoms with Crippen LogP contribution in [0.4, 0.5) is 13.2 Å². The van der Waals surface area contributed by atoms with E-state index in [-0.39, 0.29) is 18.7 Å². The van der Waals surface area contributed by atoms with Crippen molar-refractivity contribution in [1.82, 2.24) is 10.1 Å². The van der Waals surface area contributed by atoms with Crippen LogP contribution < -0.4 is 0 Å². The molecule has 17 heavy (non-hydrogen) atoms. The minimum absolute atomic E-state index is 0.0862. The number of alkyl halides is 3. The molecule has 94 valence electrons. The van der Waals surface area contributed by atoms with Gasteiger partial charge < -0.3 is 4.52 Å². The minimum atomic E-state index is -4.60. The molecule has 1 aromatic heterocycles. The molecule has 7 heteroatoms. The topological polar surface area (TPSA) is 62.7 Å². The van der Waals surface area contributed by atoms with Crippen molar-refractivity contribution in [3.8, 4) is 6.07 Å². The third-order valence-electron chi connectivity index (χ3n) is 2.66. The first-order valence-electron chi connectivity index (χ1n) is 5.07. The zero-order valence-electron chi connectivity index (χ0n) is 9.51. The summed E-state index contributed by atoms with van der Waals surface area (Å²) in [6, 6.07) is 2.00. The first-order valence-corrected chi connectivity index (χ1v) is 5.07. The molecule has 0 aliphatic rings. The summed E-state index contributed by atoms with van der Waals surface area (Å²) in [5.74, 6) is -1.36. The molecule has 0 aromatic carbocycles. The van der Waals surface area contributed by atoms with Crippen LogP contribution in [0.25, 0.3) is 0 Å². The van der Waals surface area contributed by atoms with Gasteiger partial charge >= 0.3 is 6.18 Å². The van der Waals surface area contributed by atoms with Crippen LogP contribution in [0.15, 0.2) is 4.52 Å². The average Bonchev–Trinajstić information content (AvgIpc) is 2.66. The van der Waals surface area contributed by atoms with Crippen molar-refractivity contribution in [3.63, 3.8) is 0 Å². The second-order valence-electron chi connectivity index (χ2n) is 4.19. The molecule has 4 nitrogen and oxygen atoms in total. The van der Waals surface area contributed by atoms with Gasteiger partial charge in [-0.3, -0.25) is 0 Å². The second kappa shape index (κ2) is 4.73. The molecule has 1 rings (SSSR count). The van der Waals surface area contributed by atoms with Crippen molar-refractivity contribution in [2.75, 3.05) is 0 Å². The van der Waals surface area contributed by atoms with Gasteiger partial charge in [0.1, 0.15) is 0 Å². The van der Waals surface area contributed by atoms with Gasteiger partial charge in [0, 0.05) is 12.8 Å². The SMILES string of the molecule is CCC(C)(CC#N)Cc1nc(C(F)(F)F)no1. The maximum Gasteiger partial charge on any atom is 0.455 e. The molecule has 0 saturated carbocycles. The maximum absolute atomic E-state index is 12.2. The van der Waals surface area contributed by atoms with Crippen LogP contribution in [0.1, 0.15) is 38.4 Å². The van der Waals surface area contributed by atoms with Gasteiger partial charge in [0.25, 0.3) is 5.82 Å². The van der Waals surface area contributed by atoms with Crippen LogP contribution in [0.5, 0.6) is 0 Å². The van der Waals surface area contributed by atoms with Crippen LogP contribution in [-0.4, -0.2) is 10.1 Å². The van der Waals surface area contributed by atoms with Gasteiger partial charge in [-0.1, -0.05) is 19.0 Å². The highest BCUT2D eigenvalue weighted by Gasteiger charge is 2.38. The van der Waals surface area contributed by atoms with Crippen molar-refractivity contribution in [2.24, 2.45) is 5.41 Å². The summed E-state index contributed by atoms with van der Waals surface area (Å²) in [5, 5.41) is 11.5. The van der Waals surface area contributed by atoms with Crippen molar-refractivity contribution in [2.45, 2.75) is 39.3 Å². The largest absolute Gasteiger partial charge is 0.455 e. The van der Waals surface area contributed by atoms with E-state index in [0.717, 1.165) is 0 Å². The molecule has 0 saturated heterocycles. The summed E-state index contributed by atoms with van der Waals surface area (Å²) in [4.78, 5) is 3.28. The smallest absolute Gasteiger partial charge is 0.339 e. The molecule has 0 fully saturated rings. The molecule has 1 heterocycles. The summed E-state index contributed by atoms with van der Waals surface area (Å²) < 4.78 is 41.2. The van der Waals surface area contributed by atoms with Gasteiger partial charge in [0.2, 0.25) is 5.89 Å². The lowest BCUT2D eigenvalue weighted by atomic mass is 9.81. The predicted molar refractivity (Wildman–Crippen MR) is 51.6 cm³/mol. The summed E-state index contributed by atoms with van der Waals surface area (Å²) in [5.41, 5.74) is -0.440. The Kier molecular flexibility index (Phi) is 3.76. The lowest BCUT2D eigenvalue weighted by Gasteiger charge is -2.22. The predicted octanol–water partition coefficient (Wildman–Crippen LogP) is 2.96. The van der Waals surface area contributed by atoms with E-state index < -0.39 is 17.4 Å². The minimum Gasteiger partial charge on any atom is -0.339 e. The fourth-order valence-electron chi connectivity index (χ4n) is 1.31. The van der Waals surface area contributed by atoms with Crippen molar-refractivity contribution in [3.05, 3.63) is 11.7 Å². The first kappa shape index (κ1) is 13.5. The number of nitriles is 1. The normalized spacial score (nSPS) is 15.3. The summed E-state index contributed by atoms with van der Waals surface area (Å²) in [7, 11) is 0. The Balaban J connectivity index is 2.82. The highest BCUT2D eigenvalue weighted by molar-refractivity contribution is 4.96. The quantitative estimate of drug-likeness (QED) is 0.820. The van der Waals surface area contributed by atoms with Crippen molar-refractivity contribution in [1.29, 1.82) is 5.26 Å². The Morgan fingerprint density at radius 1 is 1.41 bits per heavy atom. The second-order valence-corrected chi connectivity index (χ2v) is 4.19. The Bertz CT molecular complexity index is 421. The molecule has 0 amide bonds. The Labute approximate surface area is 96.4 Å². The van der Waals surface area contributed by atoms with E-state index in [9.17, 15) is 13.2 Å². The number of aromatic nitrogens is 2. The molecule has 1 unspecified atom stereocenters. The molecular weight excluding hydrogens is 235 g/mol. The van der Waals surface area contributed by atoms with Gasteiger partial charge in [-0.25, -0.2) is 0 Å². The van der Waals surface area contributed by atoms with Crippen LogP contribution in [-0.2, 0) is 12.6 Å². The van der Waals surface area contributed by atoms with Crippen LogP contribution in [0, 0.1) is 16.7 Å². The molecule has 0 radical (unpaired) electrons. The lowest BCUT2D eigenvalue weighted by molar-refractivity contribution is -0.146. The zero-order valence-corrected chi connectivity index (χ0v) is 9.51. The number of rotatable bonds is 4. The lowest BCUT2D eigenvalue weighted by Crippen LogP contribution is -2.18. The fraction of sp³-hybridized carbons (Fsp3) is 0.700. The Morgan fingerprint density at radius 2 is 2.06 bits per heavy atom. The van der Waals surface area contributed by atoms with E-state index in [0.29, 0.717) is 6.42 Å². The van der Waals surface area contributed by atoms with Crippen LogP contribution >= 0.6 is 0 Å². The fourth-order valence-corrected chi connectivity index (χ4v) is 1.31. The zero-order chi connectivity index (χ0) is 13.1. The molecule has 0 aliphatic carbocycles.